The standard InChI is InChI=1S/C24H29ClN4O/c1-17(2)13-15-28(24(30)19-10-5-6-11-20(19)25)16-22-27-21-12-7-14-26-23(21)29(22)18-8-3-4-9-18/h5-7,10-12,14,17-18H,3-4,8-9,13,15-16H2,1-2H3. The predicted molar refractivity (Wildman–Crippen MR) is 121 cm³/mol. The van der Waals surface area contributed by atoms with Gasteiger partial charge in [0, 0.05) is 18.8 Å². The molecule has 2 heterocycles. The zero-order valence-electron chi connectivity index (χ0n) is 17.7. The van der Waals surface area contributed by atoms with Gasteiger partial charge in [-0.1, -0.05) is 50.4 Å². The summed E-state index contributed by atoms with van der Waals surface area (Å²) in [6.07, 6.45) is 7.49. The van der Waals surface area contributed by atoms with Crippen LogP contribution in [0.2, 0.25) is 5.02 Å². The van der Waals surface area contributed by atoms with Gasteiger partial charge in [0.1, 0.15) is 11.3 Å². The summed E-state index contributed by atoms with van der Waals surface area (Å²) in [5, 5.41) is 0.489. The highest BCUT2D eigenvalue weighted by Crippen LogP contribution is 2.33. The third-order valence-corrected chi connectivity index (χ3v) is 6.24. The van der Waals surface area contributed by atoms with Gasteiger partial charge in [0.05, 0.1) is 17.1 Å². The zero-order valence-corrected chi connectivity index (χ0v) is 18.5. The Bertz CT molecular complexity index is 1020. The van der Waals surface area contributed by atoms with Crippen molar-refractivity contribution >= 4 is 28.7 Å². The number of fused-ring (bicyclic) bond motifs is 1. The van der Waals surface area contributed by atoms with Crippen LogP contribution in [0.15, 0.2) is 42.6 Å². The lowest BCUT2D eigenvalue weighted by molar-refractivity contribution is 0.0728. The minimum atomic E-state index is -0.0424. The minimum absolute atomic E-state index is 0.0424. The Morgan fingerprint density at radius 3 is 2.70 bits per heavy atom. The van der Waals surface area contributed by atoms with E-state index in [9.17, 15) is 4.79 Å². The molecule has 6 heteroatoms. The van der Waals surface area contributed by atoms with Crippen LogP contribution in [0.3, 0.4) is 0 Å². The molecule has 5 nitrogen and oxygen atoms in total. The van der Waals surface area contributed by atoms with Crippen LogP contribution < -0.4 is 0 Å². The molecule has 0 spiro atoms. The number of imidazole rings is 1. The van der Waals surface area contributed by atoms with Crippen LogP contribution in [0.25, 0.3) is 11.2 Å². The van der Waals surface area contributed by atoms with Gasteiger partial charge in [-0.05, 0) is 49.4 Å². The number of amides is 1. The third-order valence-electron chi connectivity index (χ3n) is 5.91. The predicted octanol–water partition coefficient (Wildman–Crippen LogP) is 5.89. The Morgan fingerprint density at radius 2 is 1.97 bits per heavy atom. The van der Waals surface area contributed by atoms with Crippen molar-refractivity contribution in [2.75, 3.05) is 6.54 Å². The van der Waals surface area contributed by atoms with E-state index in [1.165, 1.54) is 12.8 Å². The highest BCUT2D eigenvalue weighted by atomic mass is 35.5. The molecular weight excluding hydrogens is 396 g/mol. The number of rotatable bonds is 7. The van der Waals surface area contributed by atoms with Gasteiger partial charge in [-0.2, -0.15) is 0 Å². The molecule has 158 valence electrons. The first-order valence-electron chi connectivity index (χ1n) is 10.9. The number of benzene rings is 1. The smallest absolute Gasteiger partial charge is 0.255 e. The lowest BCUT2D eigenvalue weighted by Crippen LogP contribution is -2.33. The maximum Gasteiger partial charge on any atom is 0.255 e. The fraction of sp³-hybridized carbons (Fsp3) is 0.458. The quantitative estimate of drug-likeness (QED) is 0.475. The lowest BCUT2D eigenvalue weighted by Gasteiger charge is -2.25. The molecule has 1 amide bonds. The molecule has 4 rings (SSSR count). The van der Waals surface area contributed by atoms with Crippen molar-refractivity contribution in [1.82, 2.24) is 19.4 Å². The van der Waals surface area contributed by atoms with Crippen LogP contribution in [-0.4, -0.2) is 31.9 Å². The van der Waals surface area contributed by atoms with Gasteiger partial charge in [0.2, 0.25) is 0 Å². The van der Waals surface area contributed by atoms with Crippen molar-refractivity contribution in [3.8, 4) is 0 Å². The van der Waals surface area contributed by atoms with Gasteiger partial charge in [-0.3, -0.25) is 4.79 Å². The number of hydrogen-bond acceptors (Lipinski definition) is 3. The number of nitrogens with zero attached hydrogens (tertiary/aromatic N) is 4. The molecule has 1 aromatic carbocycles. The Morgan fingerprint density at radius 1 is 1.20 bits per heavy atom. The Balaban J connectivity index is 1.70. The molecule has 0 aliphatic heterocycles. The van der Waals surface area contributed by atoms with Gasteiger partial charge < -0.3 is 9.47 Å². The molecule has 1 fully saturated rings. The summed E-state index contributed by atoms with van der Waals surface area (Å²) >= 11 is 6.35. The number of carbonyl (C=O) groups excluding carboxylic acids is 1. The van der Waals surface area contributed by atoms with Crippen molar-refractivity contribution in [3.05, 3.63) is 59.0 Å². The van der Waals surface area contributed by atoms with Gasteiger partial charge in [-0.15, -0.1) is 0 Å². The molecule has 0 N–H and O–H groups in total. The second-order valence-electron chi connectivity index (χ2n) is 8.57. The molecule has 0 bridgehead atoms. The average molecular weight is 425 g/mol. The summed E-state index contributed by atoms with van der Waals surface area (Å²) in [6.45, 7) is 5.48. The summed E-state index contributed by atoms with van der Waals surface area (Å²) in [4.78, 5) is 24.8. The SMILES string of the molecule is CC(C)CCN(Cc1nc2cccnc2n1C1CCCC1)C(=O)c1ccccc1Cl. The molecule has 0 atom stereocenters. The highest BCUT2D eigenvalue weighted by molar-refractivity contribution is 6.33. The fourth-order valence-electron chi connectivity index (χ4n) is 4.28. The van der Waals surface area contributed by atoms with E-state index in [-0.39, 0.29) is 5.91 Å². The van der Waals surface area contributed by atoms with E-state index in [2.05, 4.69) is 23.4 Å². The molecule has 30 heavy (non-hydrogen) atoms. The molecule has 1 aliphatic rings. The average Bonchev–Trinajstić information content (AvgIpc) is 3.38. The highest BCUT2D eigenvalue weighted by Gasteiger charge is 2.26. The first-order valence-corrected chi connectivity index (χ1v) is 11.3. The second-order valence-corrected chi connectivity index (χ2v) is 8.98. The van der Waals surface area contributed by atoms with Crippen molar-refractivity contribution in [3.63, 3.8) is 0 Å². The fourth-order valence-corrected chi connectivity index (χ4v) is 4.49. The molecule has 0 saturated heterocycles. The molecule has 3 aromatic rings. The molecule has 1 saturated carbocycles. The monoisotopic (exact) mass is 424 g/mol. The maximum atomic E-state index is 13.4. The number of aromatic nitrogens is 3. The lowest BCUT2D eigenvalue weighted by atomic mass is 10.1. The Hall–Kier alpha value is -2.40. The van der Waals surface area contributed by atoms with Crippen LogP contribution in [0.5, 0.6) is 0 Å². The first kappa shape index (κ1) is 20.9. The normalized spacial score (nSPS) is 14.7. The second kappa shape index (κ2) is 9.17. The molecule has 1 aliphatic carbocycles. The maximum absolute atomic E-state index is 13.4. The van der Waals surface area contributed by atoms with Crippen molar-refractivity contribution in [2.45, 2.75) is 58.5 Å². The van der Waals surface area contributed by atoms with Crippen LogP contribution in [-0.2, 0) is 6.54 Å². The van der Waals surface area contributed by atoms with E-state index in [0.29, 0.717) is 35.6 Å². The number of carbonyl (C=O) groups is 1. The van der Waals surface area contributed by atoms with E-state index >= 15 is 0 Å². The van der Waals surface area contributed by atoms with E-state index in [1.54, 1.807) is 12.1 Å². The van der Waals surface area contributed by atoms with Crippen LogP contribution in [0.1, 0.15) is 68.2 Å². The Labute approximate surface area is 183 Å². The summed E-state index contributed by atoms with van der Waals surface area (Å²) in [5.74, 6) is 1.38. The largest absolute Gasteiger partial charge is 0.331 e. The van der Waals surface area contributed by atoms with E-state index < -0.39 is 0 Å². The zero-order chi connectivity index (χ0) is 21.1. The van der Waals surface area contributed by atoms with Gasteiger partial charge in [0.15, 0.2) is 5.65 Å². The number of pyridine rings is 1. The Kier molecular flexibility index (Phi) is 6.38. The molecule has 2 aromatic heterocycles. The van der Waals surface area contributed by atoms with E-state index in [0.717, 1.165) is 36.3 Å². The van der Waals surface area contributed by atoms with Gasteiger partial charge >= 0.3 is 0 Å². The van der Waals surface area contributed by atoms with Crippen molar-refractivity contribution in [1.29, 1.82) is 0 Å². The summed E-state index contributed by atoms with van der Waals surface area (Å²) in [7, 11) is 0. The van der Waals surface area contributed by atoms with Crippen LogP contribution in [0, 0.1) is 5.92 Å². The first-order chi connectivity index (χ1) is 14.5. The van der Waals surface area contributed by atoms with Gasteiger partial charge in [0.25, 0.3) is 5.91 Å². The molecular formula is C24H29ClN4O. The van der Waals surface area contributed by atoms with Gasteiger partial charge in [-0.25, -0.2) is 9.97 Å². The van der Waals surface area contributed by atoms with E-state index in [4.69, 9.17) is 16.6 Å². The molecule has 0 unspecified atom stereocenters. The van der Waals surface area contributed by atoms with E-state index in [1.807, 2.05) is 35.4 Å². The number of hydrogen-bond donors (Lipinski definition) is 0. The summed E-state index contributed by atoms with van der Waals surface area (Å²) in [6, 6.07) is 11.6. The summed E-state index contributed by atoms with van der Waals surface area (Å²) in [5.41, 5.74) is 2.37. The van der Waals surface area contributed by atoms with Crippen LogP contribution >= 0.6 is 11.6 Å². The number of halogens is 1. The third kappa shape index (κ3) is 4.36. The van der Waals surface area contributed by atoms with Crippen molar-refractivity contribution in [2.24, 2.45) is 5.92 Å². The van der Waals surface area contributed by atoms with Crippen LogP contribution in [0.4, 0.5) is 0 Å². The topological polar surface area (TPSA) is 51.0 Å². The summed E-state index contributed by atoms with van der Waals surface area (Å²) < 4.78 is 2.28. The molecule has 0 radical (unpaired) electrons. The minimum Gasteiger partial charge on any atom is -0.331 e. The van der Waals surface area contributed by atoms with Crippen molar-refractivity contribution < 1.29 is 4.79 Å².